The first kappa shape index (κ1) is 29.3. The van der Waals surface area contributed by atoms with Gasteiger partial charge < -0.3 is 20.1 Å². The summed E-state index contributed by atoms with van der Waals surface area (Å²) in [6.07, 6.45) is -1.63. The van der Waals surface area contributed by atoms with Gasteiger partial charge in [0.15, 0.2) is 0 Å². The molecule has 3 saturated heterocycles. The number of alkyl halides is 3. The van der Waals surface area contributed by atoms with Crippen molar-refractivity contribution in [3.63, 3.8) is 0 Å². The SMILES string of the molecule is Cc1cc2c(cc1CN1CCC3(CC1)CN(c1ncnc4ccc(CC(F)(F)F)cc14)C3)cc(C#N)n2CC1CNC(=O)NC1. The summed E-state index contributed by atoms with van der Waals surface area (Å²) in [5, 5.41) is 17.3. The van der Waals surface area contributed by atoms with Crippen molar-refractivity contribution in [2.75, 3.05) is 44.2 Å². The van der Waals surface area contributed by atoms with E-state index in [9.17, 15) is 23.2 Å². The second-order valence-corrected chi connectivity index (χ2v) is 13.0. The van der Waals surface area contributed by atoms with Crippen LogP contribution < -0.4 is 15.5 Å². The van der Waals surface area contributed by atoms with Crippen molar-refractivity contribution in [3.05, 3.63) is 65.1 Å². The summed E-state index contributed by atoms with van der Waals surface area (Å²) in [5.41, 5.74) is 5.18. The largest absolute Gasteiger partial charge is 0.393 e. The quantitative estimate of drug-likeness (QED) is 0.320. The fraction of sp³-hybridized carbons (Fsp3) is 0.455. The van der Waals surface area contributed by atoms with Crippen molar-refractivity contribution in [3.8, 4) is 6.07 Å². The molecule has 0 unspecified atom stereocenters. The normalized spacial score (nSPS) is 19.0. The topological polar surface area (TPSA) is 102 Å². The van der Waals surface area contributed by atoms with Gasteiger partial charge in [0.05, 0.1) is 11.9 Å². The molecule has 7 rings (SSSR count). The van der Waals surface area contributed by atoms with Gasteiger partial charge in [-0.3, -0.25) is 4.90 Å². The summed E-state index contributed by atoms with van der Waals surface area (Å²) in [6.45, 7) is 8.41. The zero-order chi connectivity index (χ0) is 31.3. The molecule has 5 heterocycles. The highest BCUT2D eigenvalue weighted by Gasteiger charge is 2.45. The molecular formula is C33H35F3N8O. The number of amides is 2. The third kappa shape index (κ3) is 5.89. The fourth-order valence-electron chi connectivity index (χ4n) is 7.26. The van der Waals surface area contributed by atoms with Crippen LogP contribution in [-0.2, 0) is 19.5 Å². The molecule has 1 spiro atoms. The summed E-state index contributed by atoms with van der Waals surface area (Å²) in [6, 6.07) is 13.3. The first-order chi connectivity index (χ1) is 21.6. The second-order valence-electron chi connectivity index (χ2n) is 13.0. The number of anilines is 1. The van der Waals surface area contributed by atoms with E-state index in [1.54, 1.807) is 12.1 Å². The molecule has 234 valence electrons. The van der Waals surface area contributed by atoms with Crippen LogP contribution in [0.3, 0.4) is 0 Å². The molecule has 4 aromatic rings. The van der Waals surface area contributed by atoms with Crippen LogP contribution in [0.15, 0.2) is 42.7 Å². The Bertz CT molecular complexity index is 1800. The lowest BCUT2D eigenvalue weighted by Gasteiger charge is -2.54. The van der Waals surface area contributed by atoms with Crippen LogP contribution in [0.1, 0.15) is 35.2 Å². The van der Waals surface area contributed by atoms with Crippen LogP contribution in [0.25, 0.3) is 21.8 Å². The van der Waals surface area contributed by atoms with Crippen molar-refractivity contribution >= 4 is 33.7 Å². The average Bonchev–Trinajstić information content (AvgIpc) is 3.32. The molecule has 2 aromatic heterocycles. The number of carbonyl (C=O) groups excluding carboxylic acids is 1. The monoisotopic (exact) mass is 616 g/mol. The van der Waals surface area contributed by atoms with Gasteiger partial charge in [-0.05, 0) is 79.9 Å². The second kappa shape index (κ2) is 11.2. The molecule has 2 N–H and O–H groups in total. The first-order valence-electron chi connectivity index (χ1n) is 15.4. The van der Waals surface area contributed by atoms with Crippen LogP contribution in [0.2, 0.25) is 0 Å². The Morgan fingerprint density at radius 2 is 1.82 bits per heavy atom. The zero-order valence-electron chi connectivity index (χ0n) is 25.1. The number of halogens is 3. The van der Waals surface area contributed by atoms with Crippen molar-refractivity contribution < 1.29 is 18.0 Å². The molecule has 9 nitrogen and oxygen atoms in total. The van der Waals surface area contributed by atoms with Crippen LogP contribution in [-0.4, -0.2) is 70.9 Å². The molecule has 3 aliphatic heterocycles. The molecule has 0 saturated carbocycles. The zero-order valence-corrected chi connectivity index (χ0v) is 25.1. The van der Waals surface area contributed by atoms with E-state index in [1.807, 2.05) is 6.07 Å². The number of hydrogen-bond donors (Lipinski definition) is 2. The third-order valence-electron chi connectivity index (χ3n) is 9.76. The number of nitrogens with one attached hydrogen (secondary N) is 2. The Morgan fingerprint density at radius 3 is 2.53 bits per heavy atom. The predicted octanol–water partition coefficient (Wildman–Crippen LogP) is 4.90. The van der Waals surface area contributed by atoms with E-state index in [0.717, 1.165) is 56.5 Å². The highest BCUT2D eigenvalue weighted by atomic mass is 19.4. The Hall–Kier alpha value is -4.37. The highest BCUT2D eigenvalue weighted by Crippen LogP contribution is 2.44. The Kier molecular flexibility index (Phi) is 7.31. The molecule has 3 aliphatic rings. The number of urea groups is 1. The summed E-state index contributed by atoms with van der Waals surface area (Å²) >= 11 is 0. The van der Waals surface area contributed by atoms with Crippen LogP contribution >= 0.6 is 0 Å². The van der Waals surface area contributed by atoms with E-state index >= 15 is 0 Å². The van der Waals surface area contributed by atoms with Gasteiger partial charge in [-0.15, -0.1) is 0 Å². The molecule has 3 fully saturated rings. The third-order valence-corrected chi connectivity index (χ3v) is 9.76. The molecule has 45 heavy (non-hydrogen) atoms. The van der Waals surface area contributed by atoms with Crippen LogP contribution in [0.5, 0.6) is 0 Å². The molecule has 2 aromatic carbocycles. The summed E-state index contributed by atoms with van der Waals surface area (Å²) < 4.78 is 41.2. The molecule has 0 radical (unpaired) electrons. The first-order valence-corrected chi connectivity index (χ1v) is 15.4. The number of nitrogens with zero attached hydrogens (tertiary/aromatic N) is 6. The van der Waals surface area contributed by atoms with Crippen molar-refractivity contribution in [2.45, 2.75) is 45.5 Å². The molecule has 0 atom stereocenters. The number of carbonyl (C=O) groups is 1. The van der Waals surface area contributed by atoms with Gasteiger partial charge in [-0.25, -0.2) is 14.8 Å². The molecule has 0 bridgehead atoms. The van der Waals surface area contributed by atoms with Gasteiger partial charge in [0, 0.05) is 66.9 Å². The maximum atomic E-state index is 13.0. The highest BCUT2D eigenvalue weighted by molar-refractivity contribution is 5.90. The molecular weight excluding hydrogens is 581 g/mol. The van der Waals surface area contributed by atoms with Gasteiger partial charge in [0.25, 0.3) is 0 Å². The number of aryl methyl sites for hydroxylation is 1. The lowest BCUT2D eigenvalue weighted by atomic mass is 9.72. The number of nitriles is 1. The van der Waals surface area contributed by atoms with Gasteiger partial charge >= 0.3 is 12.2 Å². The van der Waals surface area contributed by atoms with Gasteiger partial charge in [0.1, 0.15) is 23.9 Å². The van der Waals surface area contributed by atoms with E-state index in [0.29, 0.717) is 42.0 Å². The number of piperidine rings is 1. The number of aromatic nitrogens is 3. The summed E-state index contributed by atoms with van der Waals surface area (Å²) in [7, 11) is 0. The number of benzene rings is 2. The standard InChI is InChI=1S/C33H35F3N8O/c1-21-8-29-24(11-26(13-37)44(29)16-23-14-38-31(45)39-15-23)10-25(21)17-42-6-4-32(5-7-42)18-43(19-32)30-27-9-22(12-33(34,35)36)2-3-28(27)40-20-41-30/h2-3,8-11,20,23H,4-7,12,14-19H2,1H3,(H2,38,39,45). The summed E-state index contributed by atoms with van der Waals surface area (Å²) in [5.74, 6) is 0.919. The van der Waals surface area contributed by atoms with E-state index < -0.39 is 12.6 Å². The van der Waals surface area contributed by atoms with Gasteiger partial charge in [0.2, 0.25) is 0 Å². The maximum Gasteiger partial charge on any atom is 0.393 e. The minimum absolute atomic E-state index is 0.149. The van der Waals surface area contributed by atoms with E-state index in [4.69, 9.17) is 0 Å². The molecule has 12 heteroatoms. The minimum Gasteiger partial charge on any atom is -0.355 e. The predicted molar refractivity (Wildman–Crippen MR) is 165 cm³/mol. The number of fused-ring (bicyclic) bond motifs is 2. The minimum atomic E-state index is -4.26. The Morgan fingerprint density at radius 1 is 1.07 bits per heavy atom. The number of hydrogen-bond acceptors (Lipinski definition) is 6. The van der Waals surface area contributed by atoms with Crippen molar-refractivity contribution in [1.82, 2.24) is 30.1 Å². The van der Waals surface area contributed by atoms with Gasteiger partial charge in [-0.1, -0.05) is 6.07 Å². The molecule has 2 amide bonds. The average molecular weight is 617 g/mol. The van der Waals surface area contributed by atoms with Crippen molar-refractivity contribution in [2.24, 2.45) is 11.3 Å². The smallest absolute Gasteiger partial charge is 0.355 e. The van der Waals surface area contributed by atoms with Gasteiger partial charge in [-0.2, -0.15) is 18.4 Å². The van der Waals surface area contributed by atoms with E-state index in [-0.39, 0.29) is 22.9 Å². The van der Waals surface area contributed by atoms with Crippen molar-refractivity contribution in [1.29, 1.82) is 5.26 Å². The lowest BCUT2D eigenvalue weighted by Crippen LogP contribution is -2.60. The summed E-state index contributed by atoms with van der Waals surface area (Å²) in [4.78, 5) is 24.9. The molecule has 0 aliphatic carbocycles. The van der Waals surface area contributed by atoms with E-state index in [1.165, 1.54) is 23.5 Å². The number of likely N-dealkylation sites (tertiary alicyclic amines) is 1. The fourth-order valence-corrected chi connectivity index (χ4v) is 7.26. The number of rotatable bonds is 6. The Labute approximate surface area is 259 Å². The lowest BCUT2D eigenvalue weighted by molar-refractivity contribution is -0.127. The van der Waals surface area contributed by atoms with Crippen LogP contribution in [0.4, 0.5) is 23.8 Å². The van der Waals surface area contributed by atoms with Crippen LogP contribution in [0, 0.1) is 29.6 Å². The Balaban J connectivity index is 1.00. The van der Waals surface area contributed by atoms with E-state index in [2.05, 4.69) is 60.1 Å². The maximum absolute atomic E-state index is 13.0.